The number of hydrogen-bond acceptors (Lipinski definition) is 2. The van der Waals surface area contributed by atoms with E-state index in [9.17, 15) is 0 Å². The van der Waals surface area contributed by atoms with Crippen molar-refractivity contribution in [1.29, 1.82) is 0 Å². The number of hydrogen-bond donors (Lipinski definition) is 1. The van der Waals surface area contributed by atoms with E-state index in [2.05, 4.69) is 33.1 Å². The van der Waals surface area contributed by atoms with Crippen molar-refractivity contribution in [2.75, 3.05) is 24.5 Å². The summed E-state index contributed by atoms with van der Waals surface area (Å²) in [5.41, 5.74) is 1.21. The van der Waals surface area contributed by atoms with Crippen LogP contribution >= 0.6 is 27.5 Å². The van der Waals surface area contributed by atoms with Gasteiger partial charge < -0.3 is 10.2 Å². The van der Waals surface area contributed by atoms with Crippen LogP contribution in [0.15, 0.2) is 22.7 Å². The molecule has 2 nitrogen and oxygen atoms in total. The Balaban J connectivity index is 2.02. The SMILES string of the molecule is CCCNC1CCN(c2cc(Cl)ccc2Br)C1. The van der Waals surface area contributed by atoms with Crippen molar-refractivity contribution >= 4 is 33.2 Å². The van der Waals surface area contributed by atoms with Gasteiger partial charge in [-0.3, -0.25) is 0 Å². The van der Waals surface area contributed by atoms with Crippen LogP contribution < -0.4 is 10.2 Å². The third kappa shape index (κ3) is 3.36. The summed E-state index contributed by atoms with van der Waals surface area (Å²) in [6, 6.07) is 6.58. The molecule has 1 aliphatic rings. The third-order valence-corrected chi connectivity index (χ3v) is 4.03. The maximum absolute atomic E-state index is 6.05. The summed E-state index contributed by atoms with van der Waals surface area (Å²) in [7, 11) is 0. The number of nitrogens with zero attached hydrogens (tertiary/aromatic N) is 1. The summed E-state index contributed by atoms with van der Waals surface area (Å²) in [6.07, 6.45) is 2.40. The lowest BCUT2D eigenvalue weighted by Crippen LogP contribution is -2.33. The quantitative estimate of drug-likeness (QED) is 0.911. The molecule has 17 heavy (non-hydrogen) atoms. The van der Waals surface area contributed by atoms with Gasteiger partial charge in [-0.1, -0.05) is 18.5 Å². The van der Waals surface area contributed by atoms with Crippen LogP contribution in [0.2, 0.25) is 5.02 Å². The Morgan fingerprint density at radius 1 is 1.53 bits per heavy atom. The molecule has 0 saturated carbocycles. The molecule has 0 radical (unpaired) electrons. The molecule has 1 heterocycles. The number of benzene rings is 1. The van der Waals surface area contributed by atoms with Crippen molar-refractivity contribution in [1.82, 2.24) is 5.32 Å². The molecule has 0 aromatic heterocycles. The van der Waals surface area contributed by atoms with Crippen LogP contribution in [-0.4, -0.2) is 25.7 Å². The second kappa shape index (κ2) is 6.07. The normalized spacial score (nSPS) is 19.9. The van der Waals surface area contributed by atoms with E-state index in [1.165, 1.54) is 18.5 Å². The van der Waals surface area contributed by atoms with Crippen molar-refractivity contribution in [2.45, 2.75) is 25.8 Å². The Hall–Kier alpha value is -0.250. The monoisotopic (exact) mass is 316 g/mol. The van der Waals surface area contributed by atoms with Crippen LogP contribution in [0.25, 0.3) is 0 Å². The van der Waals surface area contributed by atoms with E-state index in [-0.39, 0.29) is 0 Å². The van der Waals surface area contributed by atoms with Gasteiger partial charge in [-0.05, 0) is 53.5 Å². The minimum absolute atomic E-state index is 0.612. The maximum Gasteiger partial charge on any atom is 0.0526 e. The van der Waals surface area contributed by atoms with E-state index in [0.717, 1.165) is 29.1 Å². The molecule has 0 aliphatic carbocycles. The van der Waals surface area contributed by atoms with Gasteiger partial charge in [0.15, 0.2) is 0 Å². The molecule has 1 N–H and O–H groups in total. The zero-order valence-electron chi connectivity index (χ0n) is 10.0. The van der Waals surface area contributed by atoms with E-state index in [4.69, 9.17) is 11.6 Å². The van der Waals surface area contributed by atoms with Crippen LogP contribution in [0.1, 0.15) is 19.8 Å². The highest BCUT2D eigenvalue weighted by atomic mass is 79.9. The Bertz CT molecular complexity index is 384. The minimum Gasteiger partial charge on any atom is -0.369 e. The summed E-state index contributed by atoms with van der Waals surface area (Å²) in [5, 5.41) is 4.37. The van der Waals surface area contributed by atoms with Crippen molar-refractivity contribution in [3.05, 3.63) is 27.7 Å². The Morgan fingerprint density at radius 2 is 2.35 bits per heavy atom. The van der Waals surface area contributed by atoms with Crippen LogP contribution in [0.5, 0.6) is 0 Å². The largest absolute Gasteiger partial charge is 0.369 e. The third-order valence-electron chi connectivity index (χ3n) is 3.12. The standard InChI is InChI=1S/C13H18BrClN2/c1-2-6-16-11-5-7-17(9-11)13-8-10(15)3-4-12(13)14/h3-4,8,11,16H,2,5-7,9H2,1H3. The van der Waals surface area contributed by atoms with Gasteiger partial charge in [-0.25, -0.2) is 0 Å². The van der Waals surface area contributed by atoms with Gasteiger partial charge >= 0.3 is 0 Å². The molecule has 1 saturated heterocycles. The first kappa shape index (κ1) is 13.2. The fraction of sp³-hybridized carbons (Fsp3) is 0.538. The van der Waals surface area contributed by atoms with Gasteiger partial charge in [0.1, 0.15) is 0 Å². The van der Waals surface area contributed by atoms with Crippen LogP contribution in [-0.2, 0) is 0 Å². The molecule has 2 rings (SSSR count). The summed E-state index contributed by atoms with van der Waals surface area (Å²) >= 11 is 9.64. The maximum atomic E-state index is 6.05. The first-order valence-electron chi connectivity index (χ1n) is 6.14. The lowest BCUT2D eigenvalue weighted by molar-refractivity contribution is 0.549. The molecule has 1 unspecified atom stereocenters. The van der Waals surface area contributed by atoms with Crippen LogP contribution in [0.3, 0.4) is 0 Å². The summed E-state index contributed by atoms with van der Waals surface area (Å²) in [4.78, 5) is 2.39. The smallest absolute Gasteiger partial charge is 0.0526 e. The highest BCUT2D eigenvalue weighted by Crippen LogP contribution is 2.31. The van der Waals surface area contributed by atoms with E-state index in [1.807, 2.05) is 18.2 Å². The second-order valence-corrected chi connectivity index (χ2v) is 5.77. The highest BCUT2D eigenvalue weighted by molar-refractivity contribution is 9.10. The van der Waals surface area contributed by atoms with Crippen LogP contribution in [0, 0.1) is 0 Å². The van der Waals surface area contributed by atoms with Gasteiger partial charge in [0.2, 0.25) is 0 Å². The zero-order valence-corrected chi connectivity index (χ0v) is 12.4. The predicted octanol–water partition coefficient (Wildman–Crippen LogP) is 3.68. The molecule has 0 amide bonds. The van der Waals surface area contributed by atoms with E-state index in [1.54, 1.807) is 0 Å². The first-order valence-corrected chi connectivity index (χ1v) is 7.31. The fourth-order valence-electron chi connectivity index (χ4n) is 2.22. The first-order chi connectivity index (χ1) is 8.20. The summed E-state index contributed by atoms with van der Waals surface area (Å²) in [5.74, 6) is 0. The molecule has 1 aromatic carbocycles. The molecule has 94 valence electrons. The molecule has 0 bridgehead atoms. The Kier molecular flexibility index (Phi) is 4.71. The fourth-order valence-corrected chi connectivity index (χ4v) is 2.89. The Labute approximate surface area is 116 Å². The molecule has 1 aliphatic heterocycles. The molecule has 1 aromatic rings. The average molecular weight is 318 g/mol. The van der Waals surface area contributed by atoms with Crippen molar-refractivity contribution in [2.24, 2.45) is 0 Å². The van der Waals surface area contributed by atoms with E-state index >= 15 is 0 Å². The lowest BCUT2D eigenvalue weighted by Gasteiger charge is -2.20. The minimum atomic E-state index is 0.612. The molecule has 1 atom stereocenters. The van der Waals surface area contributed by atoms with Gasteiger partial charge in [-0.2, -0.15) is 0 Å². The predicted molar refractivity (Wildman–Crippen MR) is 78.1 cm³/mol. The lowest BCUT2D eigenvalue weighted by atomic mass is 10.2. The van der Waals surface area contributed by atoms with E-state index < -0.39 is 0 Å². The number of anilines is 1. The van der Waals surface area contributed by atoms with Crippen molar-refractivity contribution in [3.8, 4) is 0 Å². The molecular weight excluding hydrogens is 300 g/mol. The van der Waals surface area contributed by atoms with E-state index in [0.29, 0.717) is 6.04 Å². The summed E-state index contributed by atoms with van der Waals surface area (Å²) in [6.45, 7) is 5.47. The zero-order chi connectivity index (χ0) is 12.3. The van der Waals surface area contributed by atoms with Gasteiger partial charge in [0.25, 0.3) is 0 Å². The number of rotatable bonds is 4. The van der Waals surface area contributed by atoms with Gasteiger partial charge in [-0.15, -0.1) is 0 Å². The molecule has 1 fully saturated rings. The Morgan fingerprint density at radius 3 is 3.12 bits per heavy atom. The molecule has 0 spiro atoms. The second-order valence-electron chi connectivity index (χ2n) is 4.48. The van der Waals surface area contributed by atoms with Gasteiger partial charge in [0.05, 0.1) is 5.69 Å². The van der Waals surface area contributed by atoms with Crippen LogP contribution in [0.4, 0.5) is 5.69 Å². The number of nitrogens with one attached hydrogen (secondary N) is 1. The molecule has 4 heteroatoms. The van der Waals surface area contributed by atoms with Crippen molar-refractivity contribution in [3.63, 3.8) is 0 Å². The summed E-state index contributed by atoms with van der Waals surface area (Å²) < 4.78 is 1.12. The molecular formula is C13H18BrClN2. The number of halogens is 2. The van der Waals surface area contributed by atoms with Gasteiger partial charge in [0, 0.05) is 28.6 Å². The topological polar surface area (TPSA) is 15.3 Å². The van der Waals surface area contributed by atoms with Crippen molar-refractivity contribution < 1.29 is 0 Å². The highest BCUT2D eigenvalue weighted by Gasteiger charge is 2.23. The average Bonchev–Trinajstić information content (AvgIpc) is 2.78.